The summed E-state index contributed by atoms with van der Waals surface area (Å²) in [6.45, 7) is 2.91. The smallest absolute Gasteiger partial charge is 0.266 e. The van der Waals surface area contributed by atoms with E-state index >= 15 is 0 Å². The highest BCUT2D eigenvalue weighted by molar-refractivity contribution is 7.89. The van der Waals surface area contributed by atoms with E-state index in [1.807, 2.05) is 24.4 Å². The minimum absolute atomic E-state index is 0.00257. The van der Waals surface area contributed by atoms with Crippen molar-refractivity contribution in [2.24, 2.45) is 0 Å². The first kappa shape index (κ1) is 20.3. The van der Waals surface area contributed by atoms with Crippen LogP contribution in [0.5, 0.6) is 0 Å². The Bertz CT molecular complexity index is 1140. The van der Waals surface area contributed by atoms with Crippen molar-refractivity contribution in [2.45, 2.75) is 18.4 Å². The molecule has 0 unspecified atom stereocenters. The van der Waals surface area contributed by atoms with Gasteiger partial charge in [0.15, 0.2) is 0 Å². The van der Waals surface area contributed by atoms with Gasteiger partial charge in [-0.1, -0.05) is 16.1 Å². The van der Waals surface area contributed by atoms with Gasteiger partial charge in [-0.3, -0.25) is 9.63 Å². The molecule has 0 aliphatic carbocycles. The Morgan fingerprint density at radius 2 is 1.96 bits per heavy atom. The van der Waals surface area contributed by atoms with Crippen molar-refractivity contribution < 1.29 is 18.0 Å². The summed E-state index contributed by atoms with van der Waals surface area (Å²) in [5, 5.41) is 3.79. The van der Waals surface area contributed by atoms with E-state index in [2.05, 4.69) is 16.8 Å². The van der Waals surface area contributed by atoms with Crippen LogP contribution in [0, 0.1) is 0 Å². The van der Waals surface area contributed by atoms with Gasteiger partial charge in [-0.25, -0.2) is 8.42 Å². The van der Waals surface area contributed by atoms with Gasteiger partial charge in [0.25, 0.3) is 15.9 Å². The minimum atomic E-state index is -3.98. The van der Waals surface area contributed by atoms with E-state index in [0.29, 0.717) is 10.2 Å². The number of halogens is 1. The summed E-state index contributed by atoms with van der Waals surface area (Å²) in [4.78, 5) is 17.2. The average Bonchev–Trinajstić information content (AvgIpc) is 3.09. The van der Waals surface area contributed by atoms with Gasteiger partial charge in [0.05, 0.1) is 12.1 Å². The van der Waals surface area contributed by atoms with Crippen molar-refractivity contribution in [3.63, 3.8) is 0 Å². The van der Waals surface area contributed by atoms with Gasteiger partial charge in [-0.2, -0.15) is 0 Å². The van der Waals surface area contributed by atoms with E-state index in [9.17, 15) is 13.2 Å². The molecule has 1 aromatic heterocycles. The number of carbonyl (C=O) groups is 1. The summed E-state index contributed by atoms with van der Waals surface area (Å²) in [5.74, 6) is -0.442. The van der Waals surface area contributed by atoms with Gasteiger partial charge >= 0.3 is 0 Å². The predicted octanol–water partition coefficient (Wildman–Crippen LogP) is 3.75. The highest BCUT2D eigenvalue weighted by Crippen LogP contribution is 2.26. The SMILES string of the molecule is CCn1ccc2cc(NC(=O)c3ccc(Cl)c(S(=O)(=O)N(C)OC)c3)ccc21. The number of nitrogens with zero attached hydrogens (tertiary/aromatic N) is 2. The van der Waals surface area contributed by atoms with Gasteiger partial charge in [0, 0.05) is 41.9 Å². The van der Waals surface area contributed by atoms with Crippen LogP contribution in [0.15, 0.2) is 53.6 Å². The number of sulfonamides is 1. The minimum Gasteiger partial charge on any atom is -0.348 e. The Morgan fingerprint density at radius 1 is 1.21 bits per heavy atom. The first-order valence-corrected chi connectivity index (χ1v) is 10.3. The van der Waals surface area contributed by atoms with Gasteiger partial charge < -0.3 is 9.88 Å². The average molecular weight is 422 g/mol. The third-order valence-corrected chi connectivity index (χ3v) is 6.60. The third-order valence-electron chi connectivity index (χ3n) is 4.44. The van der Waals surface area contributed by atoms with Crippen LogP contribution in [-0.2, 0) is 21.4 Å². The highest BCUT2D eigenvalue weighted by atomic mass is 35.5. The number of carbonyl (C=O) groups excluding carboxylic acids is 1. The lowest BCUT2D eigenvalue weighted by Gasteiger charge is -2.16. The second kappa shape index (κ2) is 7.92. The first-order valence-electron chi connectivity index (χ1n) is 8.50. The zero-order valence-corrected chi connectivity index (χ0v) is 17.2. The zero-order valence-electron chi connectivity index (χ0n) is 15.6. The number of fused-ring (bicyclic) bond motifs is 1. The molecule has 0 saturated heterocycles. The molecular weight excluding hydrogens is 402 g/mol. The maximum atomic E-state index is 12.6. The first-order chi connectivity index (χ1) is 13.3. The molecule has 0 aliphatic rings. The van der Waals surface area contributed by atoms with Crippen LogP contribution in [0.4, 0.5) is 5.69 Å². The predicted molar refractivity (Wildman–Crippen MR) is 109 cm³/mol. The number of amides is 1. The number of nitrogens with one attached hydrogen (secondary N) is 1. The lowest BCUT2D eigenvalue weighted by molar-refractivity contribution is -0.0258. The van der Waals surface area contributed by atoms with Crippen molar-refractivity contribution in [1.82, 2.24) is 9.04 Å². The number of hydrogen-bond donors (Lipinski definition) is 1. The van der Waals surface area contributed by atoms with E-state index < -0.39 is 15.9 Å². The molecule has 1 heterocycles. The van der Waals surface area contributed by atoms with Crippen LogP contribution in [-0.4, -0.2) is 37.5 Å². The largest absolute Gasteiger partial charge is 0.348 e. The molecule has 0 atom stereocenters. The van der Waals surface area contributed by atoms with Crippen LogP contribution in [0.1, 0.15) is 17.3 Å². The molecule has 0 spiro atoms. The molecule has 0 bridgehead atoms. The van der Waals surface area contributed by atoms with Gasteiger partial charge in [-0.15, -0.1) is 0 Å². The maximum Gasteiger partial charge on any atom is 0.266 e. The molecule has 1 N–H and O–H groups in total. The molecule has 0 radical (unpaired) electrons. The Hall–Kier alpha value is -2.39. The Labute approximate surface area is 168 Å². The molecule has 3 rings (SSSR count). The highest BCUT2D eigenvalue weighted by Gasteiger charge is 2.25. The standard InChI is InChI=1S/C19H20ClN3O4S/c1-4-23-10-9-13-11-15(6-8-17(13)23)21-19(24)14-5-7-16(20)18(12-14)28(25,26)22(2)27-3/h5-12H,4H2,1-3H3,(H,21,24). The van der Waals surface area contributed by atoms with Gasteiger partial charge in [-0.05, 0) is 49.4 Å². The van der Waals surface area contributed by atoms with E-state index in [4.69, 9.17) is 16.4 Å². The molecule has 0 fully saturated rings. The lowest BCUT2D eigenvalue weighted by Crippen LogP contribution is -2.26. The van der Waals surface area contributed by atoms with E-state index in [1.54, 1.807) is 6.07 Å². The fourth-order valence-electron chi connectivity index (χ4n) is 2.84. The number of hydrogen-bond acceptors (Lipinski definition) is 4. The van der Waals surface area contributed by atoms with Crippen molar-refractivity contribution in [1.29, 1.82) is 0 Å². The number of benzene rings is 2. The topological polar surface area (TPSA) is 80.6 Å². The van der Waals surface area contributed by atoms with Crippen LogP contribution >= 0.6 is 11.6 Å². The van der Waals surface area contributed by atoms with Crippen molar-refractivity contribution in [2.75, 3.05) is 19.5 Å². The molecule has 9 heteroatoms. The van der Waals surface area contributed by atoms with Gasteiger partial charge in [0.2, 0.25) is 0 Å². The van der Waals surface area contributed by atoms with Crippen LogP contribution in [0.25, 0.3) is 10.9 Å². The molecule has 0 aliphatic heterocycles. The van der Waals surface area contributed by atoms with E-state index in [1.165, 1.54) is 32.4 Å². The lowest BCUT2D eigenvalue weighted by atomic mass is 10.2. The Morgan fingerprint density at radius 3 is 2.64 bits per heavy atom. The summed E-state index contributed by atoms with van der Waals surface area (Å²) in [6.07, 6.45) is 1.99. The van der Waals surface area contributed by atoms with Gasteiger partial charge in [0.1, 0.15) is 4.90 Å². The number of rotatable bonds is 6. The molecular formula is C19H20ClN3O4S. The van der Waals surface area contributed by atoms with E-state index in [-0.39, 0.29) is 15.5 Å². The molecule has 3 aromatic rings. The summed E-state index contributed by atoms with van der Waals surface area (Å²) in [6, 6.07) is 11.6. The fraction of sp³-hybridized carbons (Fsp3) is 0.211. The van der Waals surface area contributed by atoms with Crippen molar-refractivity contribution >= 4 is 44.1 Å². The van der Waals surface area contributed by atoms with Crippen molar-refractivity contribution in [3.8, 4) is 0 Å². The second-order valence-electron chi connectivity index (χ2n) is 6.07. The van der Waals surface area contributed by atoms with Crippen LogP contribution < -0.4 is 5.32 Å². The quantitative estimate of drug-likeness (QED) is 0.614. The zero-order chi connectivity index (χ0) is 20.5. The summed E-state index contributed by atoms with van der Waals surface area (Å²) in [7, 11) is -1.51. The van der Waals surface area contributed by atoms with Crippen molar-refractivity contribution in [3.05, 3.63) is 59.2 Å². The molecule has 1 amide bonds. The van der Waals surface area contributed by atoms with E-state index in [0.717, 1.165) is 17.4 Å². The molecule has 0 saturated carbocycles. The monoisotopic (exact) mass is 421 g/mol. The maximum absolute atomic E-state index is 12.6. The number of anilines is 1. The normalized spacial score (nSPS) is 11.9. The Kier molecular flexibility index (Phi) is 5.76. The molecule has 2 aromatic carbocycles. The summed E-state index contributed by atoms with van der Waals surface area (Å²) < 4.78 is 27.7. The number of aryl methyl sites for hydroxylation is 1. The van der Waals surface area contributed by atoms with Crippen LogP contribution in [0.2, 0.25) is 5.02 Å². The number of aromatic nitrogens is 1. The third kappa shape index (κ3) is 3.77. The summed E-state index contributed by atoms with van der Waals surface area (Å²) in [5.41, 5.74) is 1.85. The van der Waals surface area contributed by atoms with Crippen LogP contribution in [0.3, 0.4) is 0 Å². The Balaban J connectivity index is 1.90. The fourth-order valence-corrected chi connectivity index (χ4v) is 4.31. The molecule has 28 heavy (non-hydrogen) atoms. The number of hydroxylamine groups is 1. The molecule has 7 nitrogen and oxygen atoms in total. The summed E-state index contributed by atoms with van der Waals surface area (Å²) >= 11 is 6.03. The molecule has 148 valence electrons. The second-order valence-corrected chi connectivity index (χ2v) is 8.38.